The maximum absolute atomic E-state index is 4.60. The molecule has 1 aliphatic carbocycles. The predicted octanol–water partition coefficient (Wildman–Crippen LogP) is 4.00. The van der Waals surface area contributed by atoms with Crippen molar-refractivity contribution in [3.8, 4) is 0 Å². The maximum atomic E-state index is 4.60. The number of aliphatic imine (C=N–C) groups is 1. The van der Waals surface area contributed by atoms with Crippen molar-refractivity contribution in [2.24, 2.45) is 10.9 Å². The summed E-state index contributed by atoms with van der Waals surface area (Å²) in [6.45, 7) is 8.56. The Balaban J connectivity index is 0.00000225. The van der Waals surface area contributed by atoms with Gasteiger partial charge >= 0.3 is 0 Å². The number of piperidine rings is 1. The Labute approximate surface area is 177 Å². The highest BCUT2D eigenvalue weighted by molar-refractivity contribution is 14.0. The smallest absolute Gasteiger partial charge is 0.191 e. The first kappa shape index (κ1) is 21.0. The van der Waals surface area contributed by atoms with Gasteiger partial charge in [0.15, 0.2) is 5.96 Å². The molecule has 0 aromatic heterocycles. The van der Waals surface area contributed by atoms with Gasteiger partial charge in [-0.25, -0.2) is 0 Å². The van der Waals surface area contributed by atoms with Crippen molar-refractivity contribution in [2.45, 2.75) is 51.7 Å². The normalized spacial score (nSPS) is 24.5. The van der Waals surface area contributed by atoms with Gasteiger partial charge in [-0.05, 0) is 49.8 Å². The van der Waals surface area contributed by atoms with Crippen LogP contribution in [0.1, 0.15) is 38.7 Å². The second kappa shape index (κ2) is 10.1. The van der Waals surface area contributed by atoms with Crippen LogP contribution in [0.15, 0.2) is 33.7 Å². The van der Waals surface area contributed by atoms with E-state index in [1.54, 1.807) is 0 Å². The zero-order valence-corrected chi connectivity index (χ0v) is 19.1. The van der Waals surface area contributed by atoms with Gasteiger partial charge in [0.25, 0.3) is 0 Å². The van der Waals surface area contributed by atoms with Crippen LogP contribution in [0.5, 0.6) is 0 Å². The Bertz CT molecular complexity index is 555. The highest BCUT2D eigenvalue weighted by atomic mass is 127. The summed E-state index contributed by atoms with van der Waals surface area (Å²) in [4.78, 5) is 7.15. The third kappa shape index (κ3) is 6.71. The molecule has 1 aliphatic heterocycles. The van der Waals surface area contributed by atoms with E-state index in [0.717, 1.165) is 42.5 Å². The average Bonchev–Trinajstić information content (AvgIpc) is 3.26. The fourth-order valence-corrected chi connectivity index (χ4v) is 3.53. The Hall–Kier alpha value is -0.340. The number of nitrogens with one attached hydrogen (secondary N) is 2. The summed E-state index contributed by atoms with van der Waals surface area (Å²) < 4.78 is 1.15. The van der Waals surface area contributed by atoms with Crippen LogP contribution in [0.3, 0.4) is 0 Å². The number of rotatable bonds is 5. The van der Waals surface area contributed by atoms with Gasteiger partial charge in [0.1, 0.15) is 0 Å². The molecule has 2 fully saturated rings. The van der Waals surface area contributed by atoms with Crippen molar-refractivity contribution in [1.29, 1.82) is 0 Å². The minimum absolute atomic E-state index is 0. The molecule has 1 heterocycles. The lowest BCUT2D eigenvalue weighted by Gasteiger charge is -2.33. The molecule has 2 N–H and O–H groups in total. The summed E-state index contributed by atoms with van der Waals surface area (Å²) in [7, 11) is 0. The largest absolute Gasteiger partial charge is 0.354 e. The summed E-state index contributed by atoms with van der Waals surface area (Å²) in [6, 6.07) is 9.84. The quantitative estimate of drug-likeness (QED) is 0.350. The van der Waals surface area contributed by atoms with Crippen molar-refractivity contribution in [1.82, 2.24) is 15.5 Å². The summed E-state index contributed by atoms with van der Waals surface area (Å²) in [6.07, 6.45) is 3.64. The molecule has 0 amide bonds. The van der Waals surface area contributed by atoms with E-state index >= 15 is 0 Å². The van der Waals surface area contributed by atoms with E-state index in [1.165, 1.54) is 24.8 Å². The van der Waals surface area contributed by atoms with Crippen molar-refractivity contribution < 1.29 is 0 Å². The lowest BCUT2D eigenvalue weighted by molar-refractivity contribution is 0.198. The topological polar surface area (TPSA) is 39.7 Å². The standard InChI is InChI=1S/C19H29BrN4.HI/c1-3-21-19(23-18-12-14(18)2)22-17-8-10-24(11-9-17)13-15-4-6-16(20)7-5-15;/h4-7,14,17-18H,3,8-13H2,1-2H3,(H2,21,22,23);1H. The van der Waals surface area contributed by atoms with Gasteiger partial charge in [0, 0.05) is 42.7 Å². The maximum Gasteiger partial charge on any atom is 0.191 e. The molecule has 4 nitrogen and oxygen atoms in total. The second-order valence-electron chi connectivity index (χ2n) is 7.11. The summed E-state index contributed by atoms with van der Waals surface area (Å²) in [5.74, 6) is 1.81. The molecular weight excluding hydrogens is 491 g/mol. The monoisotopic (exact) mass is 520 g/mol. The Kier molecular flexibility index (Phi) is 8.48. The Morgan fingerprint density at radius 3 is 2.40 bits per heavy atom. The molecule has 6 heteroatoms. The van der Waals surface area contributed by atoms with Crippen LogP contribution >= 0.6 is 39.9 Å². The number of hydrogen-bond donors (Lipinski definition) is 2. The molecule has 1 saturated heterocycles. The zero-order chi connectivity index (χ0) is 16.9. The van der Waals surface area contributed by atoms with Gasteiger partial charge in [0.2, 0.25) is 0 Å². The van der Waals surface area contributed by atoms with Crippen LogP contribution < -0.4 is 10.6 Å². The van der Waals surface area contributed by atoms with Gasteiger partial charge < -0.3 is 10.6 Å². The van der Waals surface area contributed by atoms with Gasteiger partial charge in [0.05, 0.1) is 0 Å². The average molecular weight is 521 g/mol. The molecular formula is C19H30BrIN4. The highest BCUT2D eigenvalue weighted by Crippen LogP contribution is 2.28. The van der Waals surface area contributed by atoms with Crippen LogP contribution in [0.25, 0.3) is 0 Å². The molecule has 1 saturated carbocycles. The number of guanidine groups is 1. The van der Waals surface area contributed by atoms with E-state index in [2.05, 4.69) is 74.6 Å². The van der Waals surface area contributed by atoms with Gasteiger partial charge in [-0.2, -0.15) is 0 Å². The fourth-order valence-electron chi connectivity index (χ4n) is 3.27. The number of benzene rings is 1. The lowest BCUT2D eigenvalue weighted by Crippen LogP contribution is -2.49. The van der Waals surface area contributed by atoms with Crippen molar-refractivity contribution in [2.75, 3.05) is 19.6 Å². The summed E-state index contributed by atoms with van der Waals surface area (Å²) in [5.41, 5.74) is 1.39. The third-order valence-electron chi connectivity index (χ3n) is 5.00. The minimum Gasteiger partial charge on any atom is -0.354 e. The van der Waals surface area contributed by atoms with Crippen LogP contribution in [0, 0.1) is 5.92 Å². The zero-order valence-electron chi connectivity index (χ0n) is 15.2. The van der Waals surface area contributed by atoms with Crippen LogP contribution in [0.2, 0.25) is 0 Å². The first-order valence-electron chi connectivity index (χ1n) is 9.18. The number of halogens is 2. The summed E-state index contributed by atoms with van der Waals surface area (Å²) >= 11 is 3.50. The molecule has 0 bridgehead atoms. The van der Waals surface area contributed by atoms with Crippen molar-refractivity contribution >= 4 is 45.9 Å². The first-order valence-corrected chi connectivity index (χ1v) is 9.97. The summed E-state index contributed by atoms with van der Waals surface area (Å²) in [5, 5.41) is 7.21. The number of nitrogens with zero attached hydrogens (tertiary/aromatic N) is 2. The first-order chi connectivity index (χ1) is 11.6. The molecule has 2 unspecified atom stereocenters. The van der Waals surface area contributed by atoms with Crippen molar-refractivity contribution in [3.05, 3.63) is 34.3 Å². The minimum atomic E-state index is 0. The molecule has 2 aliphatic rings. The van der Waals surface area contributed by atoms with Crippen LogP contribution in [-0.2, 0) is 6.54 Å². The third-order valence-corrected chi connectivity index (χ3v) is 5.52. The van der Waals surface area contributed by atoms with Crippen LogP contribution in [-0.4, -0.2) is 42.6 Å². The molecule has 0 spiro atoms. The molecule has 2 atom stereocenters. The Morgan fingerprint density at radius 2 is 1.84 bits per heavy atom. The van der Waals surface area contributed by atoms with E-state index in [9.17, 15) is 0 Å². The molecule has 1 aromatic rings. The van der Waals surface area contributed by atoms with Gasteiger partial charge in [-0.15, -0.1) is 24.0 Å². The van der Waals surface area contributed by atoms with Gasteiger partial charge in [-0.3, -0.25) is 9.89 Å². The molecule has 25 heavy (non-hydrogen) atoms. The predicted molar refractivity (Wildman–Crippen MR) is 120 cm³/mol. The second-order valence-corrected chi connectivity index (χ2v) is 8.02. The molecule has 3 rings (SSSR count). The molecule has 1 aromatic carbocycles. The highest BCUT2D eigenvalue weighted by Gasteiger charge is 2.33. The van der Waals surface area contributed by atoms with E-state index in [4.69, 9.17) is 0 Å². The SMILES string of the molecule is CCN=C(NC1CCN(Cc2ccc(Br)cc2)CC1)NC1CC1C.I. The van der Waals surface area contributed by atoms with E-state index in [0.29, 0.717) is 12.1 Å². The number of likely N-dealkylation sites (tertiary alicyclic amines) is 1. The molecule has 140 valence electrons. The van der Waals surface area contributed by atoms with Crippen molar-refractivity contribution in [3.63, 3.8) is 0 Å². The van der Waals surface area contributed by atoms with Gasteiger partial charge in [-0.1, -0.05) is 35.0 Å². The van der Waals surface area contributed by atoms with Crippen LogP contribution in [0.4, 0.5) is 0 Å². The van der Waals surface area contributed by atoms with E-state index in [1.807, 2.05) is 0 Å². The van der Waals surface area contributed by atoms with E-state index in [-0.39, 0.29) is 24.0 Å². The van der Waals surface area contributed by atoms with E-state index < -0.39 is 0 Å². The molecule has 0 radical (unpaired) electrons. The Morgan fingerprint density at radius 1 is 1.20 bits per heavy atom. The lowest BCUT2D eigenvalue weighted by atomic mass is 10.0. The number of hydrogen-bond acceptors (Lipinski definition) is 2. The fraction of sp³-hybridized carbons (Fsp3) is 0.632.